The van der Waals surface area contributed by atoms with E-state index in [1.54, 1.807) is 0 Å². The Bertz CT molecular complexity index is 942. The molecular weight excluding hydrogens is 407 g/mol. The number of halogens is 2. The molecule has 0 spiro atoms. The van der Waals surface area contributed by atoms with Crippen molar-refractivity contribution >= 4 is 39.8 Å². The predicted octanol–water partition coefficient (Wildman–Crippen LogP) is 5.39. The van der Waals surface area contributed by atoms with Gasteiger partial charge in [-0.25, -0.2) is 0 Å². The fourth-order valence-corrected chi connectivity index (χ4v) is 4.32. The summed E-state index contributed by atoms with van der Waals surface area (Å²) in [6.45, 7) is 3.08. The summed E-state index contributed by atoms with van der Waals surface area (Å²) in [7, 11) is 0. The van der Waals surface area contributed by atoms with Crippen LogP contribution in [0.4, 0.5) is 5.69 Å². The monoisotopic (exact) mass is 430 g/mol. The van der Waals surface area contributed by atoms with Crippen LogP contribution >= 0.6 is 23.2 Å². The number of carbonyl (C=O) groups excluding carboxylic acids is 1. The number of hydrogen-bond acceptors (Lipinski definition) is 3. The molecule has 0 atom stereocenters. The summed E-state index contributed by atoms with van der Waals surface area (Å²) in [6, 6.07) is 14.1. The Morgan fingerprint density at radius 2 is 1.86 bits per heavy atom. The Hall–Kier alpha value is -2.01. The lowest BCUT2D eigenvalue weighted by molar-refractivity contribution is -0.116. The molecule has 2 aromatic carbocycles. The number of benzene rings is 2. The van der Waals surface area contributed by atoms with Crippen LogP contribution in [0.5, 0.6) is 5.75 Å². The SMILES string of the molecule is O=C1CCc2ccc(OCCCCN3CC(Cl)=C(Cl)c4ccccc4C3)cc2N1. The van der Waals surface area contributed by atoms with Crippen LogP contribution in [0.1, 0.15) is 36.0 Å². The van der Waals surface area contributed by atoms with Crippen molar-refractivity contribution < 1.29 is 9.53 Å². The number of rotatable bonds is 6. The van der Waals surface area contributed by atoms with Gasteiger partial charge in [0, 0.05) is 31.3 Å². The first-order chi connectivity index (χ1) is 14.1. The van der Waals surface area contributed by atoms with Crippen LogP contribution in [0.25, 0.3) is 5.03 Å². The molecule has 1 N–H and O–H groups in total. The van der Waals surface area contributed by atoms with Gasteiger partial charge in [-0.2, -0.15) is 0 Å². The highest BCUT2D eigenvalue weighted by atomic mass is 35.5. The van der Waals surface area contributed by atoms with Gasteiger partial charge in [-0.15, -0.1) is 0 Å². The molecule has 1 amide bonds. The average Bonchev–Trinajstić information content (AvgIpc) is 2.84. The molecule has 2 aliphatic rings. The Kier molecular flexibility index (Phi) is 6.43. The molecule has 0 bridgehead atoms. The summed E-state index contributed by atoms with van der Waals surface area (Å²) in [5.74, 6) is 0.869. The Balaban J connectivity index is 1.26. The van der Waals surface area contributed by atoms with Crippen molar-refractivity contribution in [1.29, 1.82) is 0 Å². The molecule has 2 heterocycles. The van der Waals surface area contributed by atoms with Crippen molar-refractivity contribution in [3.63, 3.8) is 0 Å². The minimum Gasteiger partial charge on any atom is -0.494 e. The van der Waals surface area contributed by atoms with E-state index in [0.29, 0.717) is 29.6 Å². The van der Waals surface area contributed by atoms with Crippen LogP contribution < -0.4 is 10.1 Å². The number of nitrogens with one attached hydrogen (secondary N) is 1. The summed E-state index contributed by atoms with van der Waals surface area (Å²) < 4.78 is 5.89. The lowest BCUT2D eigenvalue weighted by Gasteiger charge is -2.21. The normalized spacial score (nSPS) is 16.7. The van der Waals surface area contributed by atoms with E-state index < -0.39 is 0 Å². The first kappa shape index (κ1) is 20.3. The van der Waals surface area contributed by atoms with Crippen molar-refractivity contribution in [3.05, 3.63) is 64.2 Å². The van der Waals surface area contributed by atoms with Gasteiger partial charge in [-0.1, -0.05) is 53.5 Å². The van der Waals surface area contributed by atoms with Crippen LogP contribution in [-0.4, -0.2) is 30.5 Å². The molecule has 0 unspecified atom stereocenters. The van der Waals surface area contributed by atoms with Gasteiger partial charge in [-0.3, -0.25) is 9.69 Å². The van der Waals surface area contributed by atoms with Crippen LogP contribution in [0.15, 0.2) is 47.5 Å². The lowest BCUT2D eigenvalue weighted by Crippen LogP contribution is -2.25. The largest absolute Gasteiger partial charge is 0.494 e. The number of carbonyl (C=O) groups is 1. The van der Waals surface area contributed by atoms with E-state index in [0.717, 1.165) is 49.4 Å². The van der Waals surface area contributed by atoms with Crippen LogP contribution in [0, 0.1) is 0 Å². The molecule has 0 fully saturated rings. The van der Waals surface area contributed by atoms with Gasteiger partial charge < -0.3 is 10.1 Å². The molecule has 152 valence electrons. The second kappa shape index (κ2) is 9.21. The molecular formula is C23H24Cl2N2O2. The van der Waals surface area contributed by atoms with Crippen LogP contribution in [0.2, 0.25) is 0 Å². The Morgan fingerprint density at radius 1 is 1.00 bits per heavy atom. The molecule has 0 radical (unpaired) electrons. The summed E-state index contributed by atoms with van der Waals surface area (Å²) in [4.78, 5) is 13.9. The van der Waals surface area contributed by atoms with E-state index in [-0.39, 0.29) is 5.91 Å². The number of nitrogens with zero attached hydrogens (tertiary/aromatic N) is 1. The van der Waals surface area contributed by atoms with Gasteiger partial charge in [0.2, 0.25) is 5.91 Å². The fraction of sp³-hybridized carbons (Fsp3) is 0.348. The number of fused-ring (bicyclic) bond motifs is 2. The van der Waals surface area contributed by atoms with Gasteiger partial charge in [0.1, 0.15) is 5.75 Å². The number of unbranched alkanes of at least 4 members (excludes halogenated alkanes) is 1. The first-order valence-electron chi connectivity index (χ1n) is 10.0. The third-order valence-electron chi connectivity index (χ3n) is 5.36. The van der Waals surface area contributed by atoms with E-state index in [1.165, 1.54) is 11.1 Å². The molecule has 0 aromatic heterocycles. The molecule has 4 rings (SSSR count). The summed E-state index contributed by atoms with van der Waals surface area (Å²) in [6.07, 6.45) is 3.29. The maximum absolute atomic E-state index is 11.6. The van der Waals surface area contributed by atoms with E-state index >= 15 is 0 Å². The molecule has 2 aromatic rings. The number of aryl methyl sites for hydroxylation is 1. The van der Waals surface area contributed by atoms with Gasteiger partial charge in [0.05, 0.1) is 16.7 Å². The number of amides is 1. The van der Waals surface area contributed by atoms with E-state index in [1.807, 2.05) is 36.4 Å². The average molecular weight is 431 g/mol. The zero-order valence-electron chi connectivity index (χ0n) is 16.2. The van der Waals surface area contributed by atoms with E-state index in [4.69, 9.17) is 27.9 Å². The minimum atomic E-state index is 0.0708. The second-order valence-electron chi connectivity index (χ2n) is 7.51. The van der Waals surface area contributed by atoms with Gasteiger partial charge >= 0.3 is 0 Å². The first-order valence-corrected chi connectivity index (χ1v) is 10.8. The molecule has 4 nitrogen and oxygen atoms in total. The molecule has 29 heavy (non-hydrogen) atoms. The third kappa shape index (κ3) is 4.95. The van der Waals surface area contributed by atoms with Crippen molar-refractivity contribution in [2.75, 3.05) is 25.0 Å². The number of anilines is 1. The van der Waals surface area contributed by atoms with Crippen molar-refractivity contribution in [2.24, 2.45) is 0 Å². The maximum atomic E-state index is 11.6. The quantitative estimate of drug-likeness (QED) is 0.624. The predicted molar refractivity (Wildman–Crippen MR) is 118 cm³/mol. The Labute approximate surface area is 181 Å². The van der Waals surface area contributed by atoms with Crippen LogP contribution in [-0.2, 0) is 17.8 Å². The molecule has 0 saturated heterocycles. The topological polar surface area (TPSA) is 41.6 Å². The highest BCUT2D eigenvalue weighted by molar-refractivity contribution is 6.54. The summed E-state index contributed by atoms with van der Waals surface area (Å²) in [5.41, 5.74) is 4.28. The molecule has 0 saturated carbocycles. The van der Waals surface area contributed by atoms with Crippen molar-refractivity contribution in [1.82, 2.24) is 4.90 Å². The number of hydrogen-bond donors (Lipinski definition) is 1. The van der Waals surface area contributed by atoms with Gasteiger partial charge in [0.15, 0.2) is 0 Å². The van der Waals surface area contributed by atoms with E-state index in [9.17, 15) is 4.79 Å². The highest BCUT2D eigenvalue weighted by Crippen LogP contribution is 2.32. The zero-order chi connectivity index (χ0) is 20.2. The standard InChI is InChI=1S/C23H24Cl2N2O2/c24-20-15-27(14-17-5-1-2-6-19(17)23(20)25)11-3-4-12-29-18-9-7-16-8-10-22(28)26-21(16)13-18/h1-2,5-7,9,13H,3-4,8,10-12,14-15H2,(H,26,28). The lowest BCUT2D eigenvalue weighted by atomic mass is 10.0. The summed E-state index contributed by atoms with van der Waals surface area (Å²) in [5, 5.41) is 4.27. The van der Waals surface area contributed by atoms with Crippen molar-refractivity contribution in [3.8, 4) is 5.75 Å². The fourth-order valence-electron chi connectivity index (χ4n) is 3.81. The van der Waals surface area contributed by atoms with Gasteiger partial charge in [0.25, 0.3) is 0 Å². The Morgan fingerprint density at radius 3 is 2.76 bits per heavy atom. The van der Waals surface area contributed by atoms with Crippen molar-refractivity contribution in [2.45, 2.75) is 32.2 Å². The maximum Gasteiger partial charge on any atom is 0.224 e. The van der Waals surface area contributed by atoms with E-state index in [2.05, 4.69) is 16.3 Å². The molecule has 2 aliphatic heterocycles. The smallest absolute Gasteiger partial charge is 0.224 e. The second-order valence-corrected chi connectivity index (χ2v) is 8.34. The summed E-state index contributed by atoms with van der Waals surface area (Å²) >= 11 is 12.9. The van der Waals surface area contributed by atoms with Crippen LogP contribution in [0.3, 0.4) is 0 Å². The molecule has 6 heteroatoms. The number of ether oxygens (including phenoxy) is 1. The third-order valence-corrected chi connectivity index (χ3v) is 6.20. The minimum absolute atomic E-state index is 0.0708. The molecule has 0 aliphatic carbocycles. The zero-order valence-corrected chi connectivity index (χ0v) is 17.7. The van der Waals surface area contributed by atoms with Gasteiger partial charge in [-0.05, 0) is 48.6 Å². The highest BCUT2D eigenvalue weighted by Gasteiger charge is 2.19.